The van der Waals surface area contributed by atoms with Gasteiger partial charge in [-0.3, -0.25) is 0 Å². The Morgan fingerprint density at radius 3 is 2.34 bits per heavy atom. The van der Waals surface area contributed by atoms with Crippen LogP contribution in [-0.2, 0) is 26.2 Å². The first-order chi connectivity index (χ1) is 12.8. The van der Waals surface area contributed by atoms with Gasteiger partial charge in [0.05, 0.1) is 8.07 Å². The van der Waals surface area contributed by atoms with Crippen LogP contribution in [0.15, 0.2) is 54.6 Å². The van der Waals surface area contributed by atoms with Gasteiger partial charge in [0, 0.05) is 0 Å². The number of allylic oxidation sites excluding steroid dienone is 4. The van der Waals surface area contributed by atoms with Crippen molar-refractivity contribution in [2.45, 2.75) is 56.3 Å². The molecule has 0 N–H and O–H groups in total. The van der Waals surface area contributed by atoms with Crippen LogP contribution >= 0.6 is 0 Å². The molecule has 1 fully saturated rings. The summed E-state index contributed by atoms with van der Waals surface area (Å²) >= 11 is 0. The molecule has 149 valence electrons. The number of unbranched alkanes of at least 4 members (excludes halogenated alkanes) is 1. The van der Waals surface area contributed by atoms with E-state index in [1.807, 2.05) is 0 Å². The SMILES string of the molecule is CCCC[Si]1(C2c3ccccc3-c3cccc(C4=[C-]CC=C4)c32)CCC1.[Cl-].[Cl-].[Zr+3]. The Hall–Kier alpha value is -0.400. The van der Waals surface area contributed by atoms with Crippen molar-refractivity contribution in [1.29, 1.82) is 0 Å². The zero-order chi connectivity index (χ0) is 17.6. The normalized spacial score (nSPS) is 19.6. The molecule has 0 saturated carbocycles. The maximum Gasteiger partial charge on any atom is 3.00 e. The van der Waals surface area contributed by atoms with E-state index in [4.69, 9.17) is 0 Å². The summed E-state index contributed by atoms with van der Waals surface area (Å²) in [6, 6.07) is 20.8. The maximum atomic E-state index is 3.60. The fraction of sp³-hybridized carbons (Fsp3) is 0.360. The van der Waals surface area contributed by atoms with Crippen LogP contribution in [-0.4, -0.2) is 8.07 Å². The topological polar surface area (TPSA) is 0 Å². The van der Waals surface area contributed by atoms with Crippen LogP contribution in [0.25, 0.3) is 16.7 Å². The molecule has 2 aliphatic carbocycles. The summed E-state index contributed by atoms with van der Waals surface area (Å²) < 4.78 is 0. The Labute approximate surface area is 208 Å². The molecule has 1 radical (unpaired) electrons. The Kier molecular flexibility index (Phi) is 8.81. The van der Waals surface area contributed by atoms with Gasteiger partial charge in [-0.25, -0.2) is 0 Å². The van der Waals surface area contributed by atoms with Gasteiger partial charge in [-0.1, -0.05) is 92.7 Å². The molecule has 29 heavy (non-hydrogen) atoms. The molecular weight excluding hydrogens is 490 g/mol. The molecule has 0 nitrogen and oxygen atoms in total. The van der Waals surface area contributed by atoms with Crippen LogP contribution in [0.1, 0.15) is 54.8 Å². The van der Waals surface area contributed by atoms with Gasteiger partial charge in [0.15, 0.2) is 0 Å². The van der Waals surface area contributed by atoms with Crippen LogP contribution in [0.5, 0.6) is 0 Å². The van der Waals surface area contributed by atoms with Crippen LogP contribution in [0.4, 0.5) is 0 Å². The number of benzene rings is 2. The number of rotatable bonds is 5. The Balaban J connectivity index is 0.000001000. The summed E-state index contributed by atoms with van der Waals surface area (Å²) in [5, 5.41) is 0. The van der Waals surface area contributed by atoms with Crippen molar-refractivity contribution in [2.24, 2.45) is 0 Å². The third-order valence-electron chi connectivity index (χ3n) is 6.93. The first-order valence-corrected chi connectivity index (χ1v) is 13.0. The molecule has 1 atom stereocenters. The molecule has 0 aromatic heterocycles. The van der Waals surface area contributed by atoms with E-state index in [0.29, 0.717) is 5.54 Å². The van der Waals surface area contributed by atoms with Gasteiger partial charge < -0.3 is 24.8 Å². The molecule has 3 aliphatic rings. The molecule has 2 aromatic rings. The van der Waals surface area contributed by atoms with Crippen molar-refractivity contribution in [3.63, 3.8) is 0 Å². The molecule has 1 heterocycles. The van der Waals surface area contributed by atoms with Crippen molar-refractivity contribution < 1.29 is 51.0 Å². The summed E-state index contributed by atoms with van der Waals surface area (Å²) in [4.78, 5) is 0. The molecule has 2 aromatic carbocycles. The maximum absolute atomic E-state index is 3.60. The molecule has 0 bridgehead atoms. The average molecular weight is 518 g/mol. The molecule has 0 spiro atoms. The molecule has 4 heteroatoms. The van der Waals surface area contributed by atoms with Crippen molar-refractivity contribution in [2.75, 3.05) is 0 Å². The zero-order valence-electron chi connectivity index (χ0n) is 17.0. The molecule has 1 aliphatic heterocycles. The van der Waals surface area contributed by atoms with Gasteiger partial charge in [0.1, 0.15) is 0 Å². The minimum Gasteiger partial charge on any atom is -1.00 e. The zero-order valence-corrected chi connectivity index (χ0v) is 21.9. The molecule has 5 rings (SSSR count). The summed E-state index contributed by atoms with van der Waals surface area (Å²) in [6.07, 6.45) is 13.3. The van der Waals surface area contributed by atoms with E-state index in [0.717, 1.165) is 6.42 Å². The minimum absolute atomic E-state index is 0. The fourth-order valence-electron chi connectivity index (χ4n) is 5.56. The third-order valence-corrected chi connectivity index (χ3v) is 12.8. The molecule has 0 amide bonds. The van der Waals surface area contributed by atoms with Crippen LogP contribution in [0.3, 0.4) is 0 Å². The van der Waals surface area contributed by atoms with Crippen LogP contribution in [0, 0.1) is 6.08 Å². The van der Waals surface area contributed by atoms with Crippen molar-refractivity contribution in [3.05, 3.63) is 77.4 Å². The Bertz CT molecular complexity index is 915. The average Bonchev–Trinajstić information content (AvgIpc) is 3.28. The predicted molar refractivity (Wildman–Crippen MR) is 114 cm³/mol. The molecular formula is C25H27Cl2SiZr. The van der Waals surface area contributed by atoms with E-state index in [2.05, 4.69) is 67.6 Å². The van der Waals surface area contributed by atoms with Gasteiger partial charge >= 0.3 is 26.2 Å². The number of fused-ring (bicyclic) bond motifs is 3. The van der Waals surface area contributed by atoms with Gasteiger partial charge in [-0.05, 0) is 22.2 Å². The second-order valence-corrected chi connectivity index (χ2v) is 13.1. The number of hydrogen-bond donors (Lipinski definition) is 0. The standard InChI is InChI=1S/C25H27Si.2ClH.Zr/c1-2-3-16-26(17-9-18-26)25-23-13-7-6-12-21(23)22-15-8-14-20(24(22)25)19-10-4-5-11-19;;;/h4,6-8,10,12-15,25H,2-3,5,9,16-18H2,1H3;2*1H;/q-1;;;+3/p-2. The van der Waals surface area contributed by atoms with E-state index >= 15 is 0 Å². The second kappa shape index (κ2) is 10.3. The molecule has 1 saturated heterocycles. The monoisotopic (exact) mass is 515 g/mol. The summed E-state index contributed by atoms with van der Waals surface area (Å²) in [7, 11) is -1.28. The second-order valence-electron chi connectivity index (χ2n) is 8.30. The summed E-state index contributed by atoms with van der Waals surface area (Å²) in [5.74, 6) is 0. The van der Waals surface area contributed by atoms with Gasteiger partial charge in [-0.2, -0.15) is 17.7 Å². The first-order valence-electron chi connectivity index (χ1n) is 10.3. The van der Waals surface area contributed by atoms with Gasteiger partial charge in [0.2, 0.25) is 0 Å². The van der Waals surface area contributed by atoms with Crippen molar-refractivity contribution >= 4 is 13.6 Å². The van der Waals surface area contributed by atoms with E-state index in [-0.39, 0.29) is 51.0 Å². The smallest absolute Gasteiger partial charge is 1.00 e. The summed E-state index contributed by atoms with van der Waals surface area (Å²) in [6.45, 7) is 2.35. The quantitative estimate of drug-likeness (QED) is 0.412. The Morgan fingerprint density at radius 2 is 1.69 bits per heavy atom. The largest absolute Gasteiger partial charge is 3.00 e. The predicted octanol–water partition coefficient (Wildman–Crippen LogP) is 1.14. The van der Waals surface area contributed by atoms with Crippen molar-refractivity contribution in [1.82, 2.24) is 0 Å². The summed E-state index contributed by atoms with van der Waals surface area (Å²) in [5.41, 5.74) is 9.81. The van der Waals surface area contributed by atoms with Crippen LogP contribution in [0.2, 0.25) is 18.1 Å². The number of hydrogen-bond acceptors (Lipinski definition) is 0. The van der Waals surface area contributed by atoms with Gasteiger partial charge in [-0.15, -0.1) is 17.7 Å². The third kappa shape index (κ3) is 4.08. The minimum atomic E-state index is -1.28. The first kappa shape index (κ1) is 24.9. The van der Waals surface area contributed by atoms with Gasteiger partial charge in [0.25, 0.3) is 0 Å². The van der Waals surface area contributed by atoms with E-state index in [1.54, 1.807) is 11.1 Å². The van der Waals surface area contributed by atoms with Crippen molar-refractivity contribution in [3.8, 4) is 11.1 Å². The fourth-order valence-corrected chi connectivity index (χ4v) is 11.1. The number of halogens is 2. The van der Waals surface area contributed by atoms with Crippen LogP contribution < -0.4 is 24.8 Å². The Morgan fingerprint density at radius 1 is 0.966 bits per heavy atom. The van der Waals surface area contributed by atoms with E-state index < -0.39 is 8.07 Å². The molecule has 1 unspecified atom stereocenters. The van der Waals surface area contributed by atoms with E-state index in [9.17, 15) is 0 Å². The van der Waals surface area contributed by atoms with E-state index in [1.165, 1.54) is 59.7 Å².